The minimum Gasteiger partial charge on any atom is -0.364 e. The van der Waals surface area contributed by atoms with Crippen molar-refractivity contribution in [2.24, 2.45) is 11.5 Å². The normalized spacial score (nSPS) is 12.1. The predicted molar refractivity (Wildman–Crippen MR) is 100 cm³/mol. The maximum absolute atomic E-state index is 11.7. The molecule has 25 heavy (non-hydrogen) atoms. The van der Waals surface area contributed by atoms with Crippen molar-refractivity contribution in [3.63, 3.8) is 0 Å². The lowest BCUT2D eigenvalue weighted by molar-refractivity contribution is 0.0995. The topological polar surface area (TPSA) is 132 Å². The second-order valence-corrected chi connectivity index (χ2v) is 6.46. The highest BCUT2D eigenvalue weighted by Crippen LogP contribution is 2.30. The van der Waals surface area contributed by atoms with Gasteiger partial charge in [-0.1, -0.05) is 13.0 Å². The number of fused-ring (bicyclic) bond motifs is 1. The summed E-state index contributed by atoms with van der Waals surface area (Å²) in [5.41, 5.74) is 12.1. The van der Waals surface area contributed by atoms with Crippen molar-refractivity contribution in [2.75, 3.05) is 17.2 Å². The van der Waals surface area contributed by atoms with Crippen LogP contribution in [0.4, 0.5) is 17.5 Å². The molecule has 1 amide bonds. The Morgan fingerprint density at radius 3 is 2.92 bits per heavy atom. The maximum atomic E-state index is 11.7. The summed E-state index contributed by atoms with van der Waals surface area (Å²) in [6.07, 6.45) is 0.824. The summed E-state index contributed by atoms with van der Waals surface area (Å²) in [5.74, 6) is -0.153. The Kier molecular flexibility index (Phi) is 5.05. The molecule has 0 saturated carbocycles. The first-order valence-corrected chi connectivity index (χ1v) is 8.73. The van der Waals surface area contributed by atoms with E-state index >= 15 is 0 Å². The average Bonchev–Trinajstić information content (AvgIpc) is 3.09. The molecule has 9 heteroatoms. The van der Waals surface area contributed by atoms with Gasteiger partial charge in [0.25, 0.3) is 5.91 Å². The van der Waals surface area contributed by atoms with Gasteiger partial charge in [0.1, 0.15) is 0 Å². The molecule has 1 aromatic carbocycles. The van der Waals surface area contributed by atoms with Crippen LogP contribution in [0, 0.1) is 0 Å². The molecule has 0 radical (unpaired) electrons. The molecule has 8 nitrogen and oxygen atoms in total. The van der Waals surface area contributed by atoms with Crippen LogP contribution in [-0.4, -0.2) is 33.7 Å². The van der Waals surface area contributed by atoms with Crippen LogP contribution in [0.5, 0.6) is 0 Å². The third-order valence-electron chi connectivity index (χ3n) is 3.72. The molecule has 2 heterocycles. The van der Waals surface area contributed by atoms with Gasteiger partial charge in [-0.15, -0.1) is 21.5 Å². The summed E-state index contributed by atoms with van der Waals surface area (Å²) in [7, 11) is 0. The van der Waals surface area contributed by atoms with Gasteiger partial charge in [0.15, 0.2) is 11.5 Å². The Balaban J connectivity index is 1.92. The van der Waals surface area contributed by atoms with Gasteiger partial charge in [-0.2, -0.15) is 4.98 Å². The van der Waals surface area contributed by atoms with Crippen LogP contribution in [0.2, 0.25) is 0 Å². The predicted octanol–water partition coefficient (Wildman–Crippen LogP) is 2.08. The number of thiophene rings is 1. The molecule has 6 N–H and O–H groups in total. The molecule has 0 spiro atoms. The van der Waals surface area contributed by atoms with Crippen LogP contribution in [0.15, 0.2) is 29.6 Å². The van der Waals surface area contributed by atoms with Crippen molar-refractivity contribution in [3.8, 4) is 0 Å². The van der Waals surface area contributed by atoms with Gasteiger partial charge in [-0.25, -0.2) is 0 Å². The molecular formula is C16H19N7OS. The van der Waals surface area contributed by atoms with E-state index in [2.05, 4.69) is 25.8 Å². The fraction of sp³-hybridized carbons (Fsp3) is 0.250. The number of rotatable bonds is 7. The fourth-order valence-corrected chi connectivity index (χ4v) is 3.06. The van der Waals surface area contributed by atoms with E-state index < -0.39 is 5.91 Å². The number of benzene rings is 1. The quantitative estimate of drug-likeness (QED) is 0.509. The molecule has 2 aromatic heterocycles. The Morgan fingerprint density at radius 1 is 1.32 bits per heavy atom. The lowest BCUT2D eigenvalue weighted by atomic mass is 10.2. The summed E-state index contributed by atoms with van der Waals surface area (Å²) in [6.45, 7) is 2.50. The SMILES string of the molecule is CC[C@H](N)CNc1nnc(C(N)=O)c(Nc2cccc3sccc23)n1. The Hall–Kier alpha value is -2.78. The smallest absolute Gasteiger partial charge is 0.273 e. The van der Waals surface area contributed by atoms with E-state index in [1.54, 1.807) is 11.3 Å². The van der Waals surface area contributed by atoms with Crippen molar-refractivity contribution >= 4 is 44.8 Å². The molecule has 0 aliphatic carbocycles. The van der Waals surface area contributed by atoms with Crippen LogP contribution in [0.25, 0.3) is 10.1 Å². The first-order valence-electron chi connectivity index (χ1n) is 7.85. The second kappa shape index (κ2) is 7.41. The molecule has 130 valence electrons. The highest BCUT2D eigenvalue weighted by atomic mass is 32.1. The van der Waals surface area contributed by atoms with Crippen LogP contribution >= 0.6 is 11.3 Å². The molecule has 0 unspecified atom stereocenters. The molecule has 0 aliphatic rings. The van der Waals surface area contributed by atoms with E-state index in [-0.39, 0.29) is 23.5 Å². The highest BCUT2D eigenvalue weighted by Gasteiger charge is 2.16. The third kappa shape index (κ3) is 3.83. The Bertz CT molecular complexity index is 895. The molecule has 0 bridgehead atoms. The fourth-order valence-electron chi connectivity index (χ4n) is 2.25. The van der Waals surface area contributed by atoms with E-state index in [1.165, 1.54) is 0 Å². The number of hydrogen-bond acceptors (Lipinski definition) is 8. The number of hydrogen-bond donors (Lipinski definition) is 4. The van der Waals surface area contributed by atoms with Gasteiger partial charge in [-0.05, 0) is 30.0 Å². The summed E-state index contributed by atoms with van der Waals surface area (Å²) in [6, 6.07) is 7.84. The van der Waals surface area contributed by atoms with Crippen molar-refractivity contribution in [2.45, 2.75) is 19.4 Å². The number of carbonyl (C=O) groups excluding carboxylic acids is 1. The van der Waals surface area contributed by atoms with Crippen molar-refractivity contribution in [1.29, 1.82) is 0 Å². The van der Waals surface area contributed by atoms with E-state index in [0.717, 1.165) is 22.2 Å². The largest absolute Gasteiger partial charge is 0.364 e. The highest BCUT2D eigenvalue weighted by molar-refractivity contribution is 7.17. The van der Waals surface area contributed by atoms with Crippen molar-refractivity contribution in [1.82, 2.24) is 15.2 Å². The van der Waals surface area contributed by atoms with Gasteiger partial charge < -0.3 is 22.1 Å². The molecule has 3 aromatic rings. The zero-order valence-electron chi connectivity index (χ0n) is 13.7. The lowest BCUT2D eigenvalue weighted by Gasteiger charge is -2.13. The van der Waals surface area contributed by atoms with Crippen LogP contribution in [0.3, 0.4) is 0 Å². The van der Waals surface area contributed by atoms with Gasteiger partial charge in [0.05, 0.1) is 0 Å². The third-order valence-corrected chi connectivity index (χ3v) is 4.60. The van der Waals surface area contributed by atoms with E-state index in [0.29, 0.717) is 6.54 Å². The first kappa shape index (κ1) is 17.1. The summed E-state index contributed by atoms with van der Waals surface area (Å²) in [4.78, 5) is 16.0. The number of amides is 1. The first-order chi connectivity index (χ1) is 12.1. The van der Waals surface area contributed by atoms with E-state index in [9.17, 15) is 4.79 Å². The van der Waals surface area contributed by atoms with Gasteiger partial charge in [0.2, 0.25) is 5.95 Å². The number of nitrogens with two attached hydrogens (primary N) is 2. The number of carbonyl (C=O) groups is 1. The number of aromatic nitrogens is 3. The van der Waals surface area contributed by atoms with Crippen LogP contribution in [-0.2, 0) is 0 Å². The van der Waals surface area contributed by atoms with Crippen molar-refractivity contribution < 1.29 is 4.79 Å². The molecule has 0 aliphatic heterocycles. The molecule has 0 saturated heterocycles. The monoisotopic (exact) mass is 357 g/mol. The van der Waals surface area contributed by atoms with E-state index in [4.69, 9.17) is 11.5 Å². The summed E-state index contributed by atoms with van der Waals surface area (Å²) in [5, 5.41) is 17.0. The zero-order valence-corrected chi connectivity index (χ0v) is 14.5. The minimum atomic E-state index is -0.697. The lowest BCUT2D eigenvalue weighted by Crippen LogP contribution is -2.29. The van der Waals surface area contributed by atoms with Gasteiger partial charge >= 0.3 is 0 Å². The summed E-state index contributed by atoms with van der Waals surface area (Å²) >= 11 is 1.63. The number of nitrogens with zero attached hydrogens (tertiary/aromatic N) is 3. The number of primary amides is 1. The minimum absolute atomic E-state index is 0.0161. The Morgan fingerprint density at radius 2 is 2.16 bits per heavy atom. The molecular weight excluding hydrogens is 338 g/mol. The average molecular weight is 357 g/mol. The van der Waals surface area contributed by atoms with E-state index in [1.807, 2.05) is 36.6 Å². The standard InChI is InChI=1S/C16H19N7OS/c1-2-9(17)8-19-16-21-15(13(14(18)24)22-23-16)20-11-4-3-5-12-10(11)6-7-25-12/h3-7,9H,2,8,17H2,1H3,(H2,18,24)(H2,19,20,21,23)/t9-/m0/s1. The summed E-state index contributed by atoms with van der Waals surface area (Å²) < 4.78 is 1.12. The maximum Gasteiger partial charge on any atom is 0.273 e. The molecule has 0 fully saturated rings. The number of nitrogens with one attached hydrogen (secondary N) is 2. The van der Waals surface area contributed by atoms with Gasteiger partial charge in [-0.3, -0.25) is 4.79 Å². The zero-order chi connectivity index (χ0) is 17.8. The second-order valence-electron chi connectivity index (χ2n) is 5.51. The Labute approximate surface area is 148 Å². The molecule has 3 rings (SSSR count). The van der Waals surface area contributed by atoms with Crippen LogP contribution in [0.1, 0.15) is 23.8 Å². The molecule has 1 atom stereocenters. The van der Waals surface area contributed by atoms with Gasteiger partial charge in [0, 0.05) is 28.4 Å². The van der Waals surface area contributed by atoms with Crippen LogP contribution < -0.4 is 22.1 Å². The van der Waals surface area contributed by atoms with Crippen molar-refractivity contribution in [3.05, 3.63) is 35.3 Å². The number of anilines is 3.